The van der Waals surface area contributed by atoms with Gasteiger partial charge < -0.3 is 9.47 Å². The second kappa shape index (κ2) is 17.8. The molecule has 1 aromatic heterocycles. The first kappa shape index (κ1) is 14.8. The third-order valence-corrected chi connectivity index (χ3v) is 9.81. The van der Waals surface area contributed by atoms with Crippen LogP contribution in [0.15, 0.2) is 278 Å². The van der Waals surface area contributed by atoms with Crippen molar-refractivity contribution in [1.29, 1.82) is 0 Å². The van der Waals surface area contributed by atoms with Crippen molar-refractivity contribution in [2.45, 2.75) is 0 Å². The lowest BCUT2D eigenvalue weighted by atomic mass is 9.94. The number of hydrogen-bond acceptors (Lipinski definition) is 1. The molecule has 12 rings (SSSR count). The van der Waals surface area contributed by atoms with E-state index in [9.17, 15) is 30.2 Å². The molecule has 0 saturated carbocycles. The van der Waals surface area contributed by atoms with Crippen LogP contribution in [-0.4, -0.2) is 4.57 Å². The fourth-order valence-electron chi connectivity index (χ4n) is 6.77. The van der Waals surface area contributed by atoms with E-state index in [2.05, 4.69) is 0 Å². The molecule has 0 unspecified atom stereocenters. The van der Waals surface area contributed by atoms with Gasteiger partial charge in [-0.2, -0.15) is 0 Å². The maximum Gasteiger partial charge on any atom is 0.0651 e. The number of aromatic nitrogens is 1. The summed E-state index contributed by atoms with van der Waals surface area (Å²) in [4.78, 5) is 0.109. The average molecular weight is 913 g/mol. The molecule has 0 fully saturated rings. The summed E-state index contributed by atoms with van der Waals surface area (Å²) in [5.41, 5.74) is -19.3. The first-order valence-electron chi connectivity index (χ1n) is 42.6. The van der Waals surface area contributed by atoms with Crippen molar-refractivity contribution in [3.8, 4) is 72.4 Å². The molecule has 0 N–H and O–H groups in total. The minimum Gasteiger partial charge on any atom is -0.311 e. The minimum atomic E-state index is -1.54. The molecule has 0 atom stereocenters. The van der Waals surface area contributed by atoms with E-state index in [0.29, 0.717) is 4.57 Å². The molecule has 68 heavy (non-hydrogen) atoms. The Morgan fingerprint density at radius 2 is 0.603 bits per heavy atom. The Balaban J connectivity index is 1.21. The molecule has 1 heterocycles. The molecule has 320 valence electrons. The van der Waals surface area contributed by atoms with Gasteiger partial charge in [0, 0.05) is 33.5 Å². The Morgan fingerprint density at radius 3 is 1.16 bits per heavy atom. The van der Waals surface area contributed by atoms with Crippen LogP contribution in [0.3, 0.4) is 0 Å². The lowest BCUT2D eigenvalue weighted by Crippen LogP contribution is -2.09. The summed E-state index contributed by atoms with van der Waals surface area (Å²) in [7, 11) is 0. The Bertz CT molecular complexity index is 6290. The van der Waals surface area contributed by atoms with Gasteiger partial charge in [-0.1, -0.05) is 211 Å². The van der Waals surface area contributed by atoms with Crippen molar-refractivity contribution >= 4 is 38.9 Å². The second-order valence-corrected chi connectivity index (χ2v) is 13.8. The second-order valence-electron chi connectivity index (χ2n) is 13.8. The lowest BCUT2D eigenvalue weighted by Gasteiger charge is -2.26. The molecule has 12 aromatic rings. The summed E-state index contributed by atoms with van der Waals surface area (Å²) in [5.74, 6) is 0. The van der Waals surface area contributed by atoms with E-state index in [-0.39, 0.29) is 4.90 Å². The number of rotatable bonds is 10. The number of anilines is 3. The summed E-state index contributed by atoms with van der Waals surface area (Å²) >= 11 is 0. The Kier molecular flexibility index (Phi) is 3.86. The van der Waals surface area contributed by atoms with Gasteiger partial charge >= 0.3 is 0 Å². The standard InChI is InChI=1S/C66H46N2/c1-4-15-47(16-5-1)49-27-29-50(30-28-49)51-31-38-57(39-32-51)67(59-42-35-54(36-43-59)62-24-11-10-23-61(62)53-19-8-3-9-20-53)58-40-33-52(34-41-58)56-37-44-66-64(46-56)63-25-12-13-26-65(63)68(66)60-22-14-21-55(45-60)48-17-6-2-7-18-48/h1-46H/i1D,2D,3D,4D,5D,6D,7D,8D,9D,10D,11D,12D,13D,14D,15D,16D,17D,18D,19D,20D,21D,22D,23D,24D,25D,26D,27D,28D,29D,30D,31D,32D,33D,34D,35D,36D,37D,38D,39D,40D,41D,42D,43D,44D,45D,46D. The number of para-hydroxylation sites is 1. The van der Waals surface area contributed by atoms with Crippen molar-refractivity contribution in [2.24, 2.45) is 0 Å². The molecule has 0 amide bonds. The molecule has 0 aliphatic carbocycles. The number of fused-ring (bicyclic) bond motifs is 3. The topological polar surface area (TPSA) is 8.17 Å². The maximum atomic E-state index is 10.0. The van der Waals surface area contributed by atoms with Crippen molar-refractivity contribution in [3.05, 3.63) is 278 Å². The summed E-state index contributed by atoms with van der Waals surface area (Å²) in [6.45, 7) is 0. The molecule has 0 spiro atoms. The molecular formula is C66H46N2. The van der Waals surface area contributed by atoms with Crippen LogP contribution in [0.5, 0.6) is 0 Å². The molecule has 0 aliphatic heterocycles. The fraction of sp³-hybridized carbons (Fsp3) is 0. The van der Waals surface area contributed by atoms with Gasteiger partial charge in [-0.15, -0.1) is 0 Å². The summed E-state index contributed by atoms with van der Waals surface area (Å²) in [5, 5.41) is -1.67. The zero-order valence-electron chi connectivity index (χ0n) is 79.9. The first-order chi connectivity index (χ1) is 52.9. The van der Waals surface area contributed by atoms with Gasteiger partial charge in [-0.25, -0.2) is 0 Å². The Hall–Kier alpha value is -8.98. The normalized spacial score (nSPS) is 20.7. The predicted molar refractivity (Wildman–Crippen MR) is 288 cm³/mol. The highest BCUT2D eigenvalue weighted by Gasteiger charge is 2.17. The third-order valence-electron chi connectivity index (χ3n) is 9.81. The molecule has 2 heteroatoms. The van der Waals surface area contributed by atoms with Gasteiger partial charge in [-0.05, 0) is 133 Å². The van der Waals surface area contributed by atoms with Gasteiger partial charge in [0.15, 0.2) is 0 Å². The Morgan fingerprint density at radius 1 is 0.250 bits per heavy atom. The van der Waals surface area contributed by atoms with Gasteiger partial charge in [-0.3, -0.25) is 0 Å². The van der Waals surface area contributed by atoms with Gasteiger partial charge in [0.25, 0.3) is 0 Å². The fourth-order valence-corrected chi connectivity index (χ4v) is 6.77. The van der Waals surface area contributed by atoms with Crippen molar-refractivity contribution in [2.75, 3.05) is 4.90 Å². The highest BCUT2D eigenvalue weighted by Crippen LogP contribution is 2.41. The van der Waals surface area contributed by atoms with E-state index < -0.39 is 389 Å². The van der Waals surface area contributed by atoms with Gasteiger partial charge in [0.1, 0.15) is 0 Å². The van der Waals surface area contributed by atoms with Crippen LogP contribution < -0.4 is 4.90 Å². The molecule has 11 aromatic carbocycles. The SMILES string of the molecule is [2H]c1c([2H])c([2H])c(-c2c([2H])c([2H])c(-c3c([2H])c([2H])c(N(c4c([2H])c([2H])c(-c5c([2H])c([2H])c([2H])c([2H])c5-c5c([2H])c([2H])c([2H])c([2H])c5[2H])c([2H])c4[2H])c4c([2H])c([2H])c(-c5c([2H])c([2H])c6c(c5[2H])c5c([2H])c([2H])c([2H])c([2H])c5n6-c5c([2H])c([2H])c([2H])c(-c6c([2H])c([2H])c([2H])c([2H])c6[2H])c5[2H])c([2H])c4[2H])c([2H])c3[2H])c([2H])c2[2H])c([2H])c1[2H]. The van der Waals surface area contributed by atoms with Crippen LogP contribution >= 0.6 is 0 Å². The molecule has 0 bridgehead atoms. The molecule has 2 nitrogen and oxygen atoms in total. The lowest BCUT2D eigenvalue weighted by molar-refractivity contribution is 1.18. The van der Waals surface area contributed by atoms with Crippen molar-refractivity contribution in [1.82, 2.24) is 4.57 Å². The first-order valence-corrected chi connectivity index (χ1v) is 19.6. The molecule has 0 aliphatic rings. The van der Waals surface area contributed by atoms with E-state index in [1.807, 2.05) is 0 Å². The van der Waals surface area contributed by atoms with E-state index in [4.69, 9.17) is 32.9 Å². The smallest absolute Gasteiger partial charge is 0.0651 e. The van der Waals surface area contributed by atoms with Crippen LogP contribution in [0, 0.1) is 0 Å². The maximum absolute atomic E-state index is 10.0. The predicted octanol–water partition coefficient (Wildman–Crippen LogP) is 18.3. The van der Waals surface area contributed by atoms with Gasteiger partial charge in [0.2, 0.25) is 0 Å². The summed E-state index contributed by atoms with van der Waals surface area (Å²) < 4.78 is 420. The quantitative estimate of drug-likeness (QED) is 0.133. The van der Waals surface area contributed by atoms with Crippen LogP contribution in [0.1, 0.15) is 63.1 Å². The van der Waals surface area contributed by atoms with Crippen LogP contribution in [-0.2, 0) is 0 Å². The van der Waals surface area contributed by atoms with E-state index in [1.165, 1.54) is 0 Å². The van der Waals surface area contributed by atoms with E-state index in [0.717, 1.165) is 0 Å². The van der Waals surface area contributed by atoms with Crippen LogP contribution in [0.25, 0.3) is 94.3 Å². The summed E-state index contributed by atoms with van der Waals surface area (Å²) in [6, 6.07) is -55.0. The highest BCUT2D eigenvalue weighted by atomic mass is 15.1. The minimum absolute atomic E-state index is 0.109. The average Bonchev–Trinajstić information content (AvgIpc) is 1.48. The number of hydrogen-bond donors (Lipinski definition) is 0. The zero-order valence-corrected chi connectivity index (χ0v) is 33.9. The number of benzene rings is 11. The molecule has 0 saturated heterocycles. The van der Waals surface area contributed by atoms with Gasteiger partial charge in [0.05, 0.1) is 74.1 Å². The van der Waals surface area contributed by atoms with Crippen molar-refractivity contribution < 1.29 is 63.1 Å². The molecular weight excluding hydrogens is 821 g/mol. The monoisotopic (exact) mass is 913 g/mol. The number of nitrogens with zero attached hydrogens (tertiary/aromatic N) is 2. The highest BCUT2D eigenvalue weighted by molar-refractivity contribution is 6.10. The van der Waals surface area contributed by atoms with E-state index >= 15 is 0 Å². The van der Waals surface area contributed by atoms with E-state index in [1.54, 1.807) is 0 Å². The summed E-state index contributed by atoms with van der Waals surface area (Å²) in [6.07, 6.45) is 0. The largest absolute Gasteiger partial charge is 0.311 e. The van der Waals surface area contributed by atoms with Crippen LogP contribution in [0.2, 0.25) is 0 Å². The van der Waals surface area contributed by atoms with Crippen molar-refractivity contribution in [3.63, 3.8) is 0 Å². The van der Waals surface area contributed by atoms with Crippen LogP contribution in [0.4, 0.5) is 17.1 Å². The molecule has 0 radical (unpaired) electrons. The Labute approximate surface area is 462 Å². The zero-order chi connectivity index (χ0) is 85.3. The third kappa shape index (κ3) is 7.74.